The van der Waals surface area contributed by atoms with E-state index in [9.17, 15) is 9.59 Å². The van der Waals surface area contributed by atoms with Crippen LogP contribution in [-0.4, -0.2) is 23.1 Å². The first-order valence-corrected chi connectivity index (χ1v) is 8.51. The SMILES string of the molecule is O=C(NC1CCC(C(=O)O)CC1)NC(c1ccccc1)c1ccco1. The van der Waals surface area contributed by atoms with Gasteiger partial charge in [0.05, 0.1) is 12.2 Å². The standard InChI is InChI=1S/C19H22N2O4/c22-18(23)14-8-10-15(11-9-14)20-19(24)21-17(16-7-4-12-25-16)13-5-2-1-3-6-13/h1-7,12,14-15,17H,8-11H2,(H,22,23)(H2,20,21,24). The van der Waals surface area contributed by atoms with Gasteiger partial charge in [0.25, 0.3) is 0 Å². The van der Waals surface area contributed by atoms with Crippen LogP contribution in [-0.2, 0) is 4.79 Å². The van der Waals surface area contributed by atoms with Gasteiger partial charge in [-0.25, -0.2) is 4.79 Å². The first kappa shape index (κ1) is 17.1. The van der Waals surface area contributed by atoms with Gasteiger partial charge in [0, 0.05) is 6.04 Å². The highest BCUT2D eigenvalue weighted by atomic mass is 16.4. The topological polar surface area (TPSA) is 91.6 Å². The van der Waals surface area contributed by atoms with Crippen molar-refractivity contribution in [2.45, 2.75) is 37.8 Å². The van der Waals surface area contributed by atoms with Crippen molar-refractivity contribution in [1.82, 2.24) is 10.6 Å². The highest BCUT2D eigenvalue weighted by molar-refractivity contribution is 5.75. The third kappa shape index (κ3) is 4.41. The first-order chi connectivity index (χ1) is 12.1. The van der Waals surface area contributed by atoms with Gasteiger partial charge in [-0.05, 0) is 43.4 Å². The fraction of sp³-hybridized carbons (Fsp3) is 0.368. The molecule has 0 bridgehead atoms. The number of carbonyl (C=O) groups is 2. The van der Waals surface area contributed by atoms with Crippen LogP contribution in [0.15, 0.2) is 53.1 Å². The summed E-state index contributed by atoms with van der Waals surface area (Å²) in [6.07, 6.45) is 4.14. The summed E-state index contributed by atoms with van der Waals surface area (Å²) in [6.45, 7) is 0. The molecule has 1 unspecified atom stereocenters. The van der Waals surface area contributed by atoms with Crippen LogP contribution >= 0.6 is 0 Å². The van der Waals surface area contributed by atoms with Crippen molar-refractivity contribution in [3.63, 3.8) is 0 Å². The minimum absolute atomic E-state index is 0.00336. The van der Waals surface area contributed by atoms with Gasteiger partial charge in [0.15, 0.2) is 0 Å². The van der Waals surface area contributed by atoms with E-state index in [1.807, 2.05) is 36.4 Å². The zero-order valence-corrected chi connectivity index (χ0v) is 13.9. The minimum atomic E-state index is -0.745. The summed E-state index contributed by atoms with van der Waals surface area (Å²) in [5, 5.41) is 15.0. The Morgan fingerprint density at radius 1 is 1.04 bits per heavy atom. The second kappa shape index (κ2) is 7.88. The number of hydrogen-bond donors (Lipinski definition) is 3. The van der Waals surface area contributed by atoms with E-state index in [1.165, 1.54) is 0 Å². The number of urea groups is 1. The zero-order valence-electron chi connectivity index (χ0n) is 13.9. The smallest absolute Gasteiger partial charge is 0.315 e. The molecule has 1 aliphatic rings. The normalized spacial score (nSPS) is 21.3. The maximum absolute atomic E-state index is 12.4. The number of hydrogen-bond acceptors (Lipinski definition) is 3. The molecule has 1 atom stereocenters. The summed E-state index contributed by atoms with van der Waals surface area (Å²) in [5.74, 6) is -0.373. The van der Waals surface area contributed by atoms with E-state index in [0.717, 1.165) is 5.56 Å². The highest BCUT2D eigenvalue weighted by Crippen LogP contribution is 2.25. The predicted molar refractivity (Wildman–Crippen MR) is 92.0 cm³/mol. The minimum Gasteiger partial charge on any atom is -0.481 e. The number of aliphatic carboxylic acids is 1. The number of rotatable bonds is 5. The molecule has 2 amide bonds. The van der Waals surface area contributed by atoms with Crippen LogP contribution in [0.1, 0.15) is 43.0 Å². The van der Waals surface area contributed by atoms with Gasteiger partial charge >= 0.3 is 12.0 Å². The fourth-order valence-electron chi connectivity index (χ4n) is 3.26. The van der Waals surface area contributed by atoms with E-state index in [1.54, 1.807) is 12.3 Å². The molecule has 25 heavy (non-hydrogen) atoms. The Hall–Kier alpha value is -2.76. The number of carboxylic acid groups (broad SMARTS) is 1. The Bertz CT molecular complexity index is 691. The largest absolute Gasteiger partial charge is 0.481 e. The van der Waals surface area contributed by atoms with Crippen molar-refractivity contribution < 1.29 is 19.1 Å². The van der Waals surface area contributed by atoms with Crippen molar-refractivity contribution in [1.29, 1.82) is 0 Å². The summed E-state index contributed by atoms with van der Waals surface area (Å²) in [4.78, 5) is 23.4. The Kier molecular flexibility index (Phi) is 5.38. The van der Waals surface area contributed by atoms with Crippen LogP contribution in [0.3, 0.4) is 0 Å². The molecule has 0 spiro atoms. The van der Waals surface area contributed by atoms with Crippen molar-refractivity contribution in [2.75, 3.05) is 0 Å². The number of carbonyl (C=O) groups excluding carboxylic acids is 1. The lowest BCUT2D eigenvalue weighted by Crippen LogP contribution is -2.45. The summed E-state index contributed by atoms with van der Waals surface area (Å²) in [6, 6.07) is 12.6. The first-order valence-electron chi connectivity index (χ1n) is 8.51. The maximum Gasteiger partial charge on any atom is 0.315 e. The Balaban J connectivity index is 1.61. The molecule has 1 fully saturated rings. The fourth-order valence-corrected chi connectivity index (χ4v) is 3.26. The Morgan fingerprint density at radius 2 is 1.76 bits per heavy atom. The van der Waals surface area contributed by atoms with E-state index >= 15 is 0 Å². The van der Waals surface area contributed by atoms with Crippen molar-refractivity contribution in [3.05, 3.63) is 60.1 Å². The molecule has 1 saturated carbocycles. The highest BCUT2D eigenvalue weighted by Gasteiger charge is 2.27. The van der Waals surface area contributed by atoms with Crippen LogP contribution in [0.4, 0.5) is 4.79 Å². The number of furan rings is 1. The van der Waals surface area contributed by atoms with Crippen molar-refractivity contribution >= 4 is 12.0 Å². The molecule has 6 nitrogen and oxygen atoms in total. The van der Waals surface area contributed by atoms with Gasteiger partial charge in [-0.2, -0.15) is 0 Å². The van der Waals surface area contributed by atoms with Gasteiger partial charge < -0.3 is 20.2 Å². The molecular weight excluding hydrogens is 320 g/mol. The van der Waals surface area contributed by atoms with Gasteiger partial charge in [0.1, 0.15) is 11.8 Å². The number of nitrogens with one attached hydrogen (secondary N) is 2. The van der Waals surface area contributed by atoms with Crippen LogP contribution in [0.25, 0.3) is 0 Å². The van der Waals surface area contributed by atoms with Crippen LogP contribution in [0, 0.1) is 5.92 Å². The quantitative estimate of drug-likeness (QED) is 0.777. The second-order valence-electron chi connectivity index (χ2n) is 6.36. The van der Waals surface area contributed by atoms with Gasteiger partial charge in [-0.1, -0.05) is 30.3 Å². The number of carboxylic acids is 1. The molecule has 0 radical (unpaired) electrons. The number of amides is 2. The molecule has 1 aromatic carbocycles. The Morgan fingerprint density at radius 3 is 2.36 bits per heavy atom. The van der Waals surface area contributed by atoms with E-state index in [2.05, 4.69) is 10.6 Å². The summed E-state index contributed by atoms with van der Waals surface area (Å²) < 4.78 is 5.47. The van der Waals surface area contributed by atoms with Crippen LogP contribution in [0.5, 0.6) is 0 Å². The van der Waals surface area contributed by atoms with Crippen LogP contribution in [0.2, 0.25) is 0 Å². The maximum atomic E-state index is 12.4. The Labute approximate surface area is 146 Å². The van der Waals surface area contributed by atoms with Crippen molar-refractivity contribution in [3.8, 4) is 0 Å². The molecule has 3 rings (SSSR count). The average Bonchev–Trinajstić information content (AvgIpc) is 3.15. The molecule has 6 heteroatoms. The average molecular weight is 342 g/mol. The molecule has 132 valence electrons. The predicted octanol–water partition coefficient (Wildman–Crippen LogP) is 3.31. The number of benzene rings is 1. The van der Waals surface area contributed by atoms with E-state index < -0.39 is 5.97 Å². The molecule has 1 heterocycles. The molecule has 3 N–H and O–H groups in total. The van der Waals surface area contributed by atoms with Gasteiger partial charge in [-0.15, -0.1) is 0 Å². The lowest BCUT2D eigenvalue weighted by atomic mass is 9.86. The molecule has 1 aliphatic carbocycles. The zero-order chi connectivity index (χ0) is 17.6. The molecule has 0 saturated heterocycles. The lowest BCUT2D eigenvalue weighted by Gasteiger charge is -2.27. The van der Waals surface area contributed by atoms with Crippen molar-refractivity contribution in [2.24, 2.45) is 5.92 Å². The summed E-state index contributed by atoms with van der Waals surface area (Å²) in [5.41, 5.74) is 0.933. The monoisotopic (exact) mass is 342 g/mol. The molecule has 2 aromatic rings. The van der Waals surface area contributed by atoms with E-state index in [0.29, 0.717) is 31.4 Å². The van der Waals surface area contributed by atoms with E-state index in [4.69, 9.17) is 9.52 Å². The molecular formula is C19H22N2O4. The molecule has 1 aromatic heterocycles. The summed E-state index contributed by atoms with van der Waals surface area (Å²) >= 11 is 0. The third-order valence-electron chi connectivity index (χ3n) is 4.65. The van der Waals surface area contributed by atoms with Gasteiger partial charge in [0.2, 0.25) is 0 Å². The van der Waals surface area contributed by atoms with Crippen LogP contribution < -0.4 is 10.6 Å². The summed E-state index contributed by atoms with van der Waals surface area (Å²) in [7, 11) is 0. The van der Waals surface area contributed by atoms with E-state index in [-0.39, 0.29) is 24.0 Å². The second-order valence-corrected chi connectivity index (χ2v) is 6.36. The molecule has 0 aliphatic heterocycles. The third-order valence-corrected chi connectivity index (χ3v) is 4.65. The van der Waals surface area contributed by atoms with Gasteiger partial charge in [-0.3, -0.25) is 4.79 Å². The lowest BCUT2D eigenvalue weighted by molar-refractivity contribution is -0.142.